The van der Waals surface area contributed by atoms with Crippen LogP contribution >= 0.6 is 0 Å². The fourth-order valence-electron chi connectivity index (χ4n) is 11.7. The zero-order chi connectivity index (χ0) is 58.2. The van der Waals surface area contributed by atoms with Gasteiger partial charge in [-0.1, -0.05) is 328 Å². The molecule has 476 valence electrons. The van der Waals surface area contributed by atoms with Crippen LogP contribution in [0, 0.1) is 0 Å². The molecule has 0 spiro atoms. The molecule has 9 unspecified atom stereocenters. The van der Waals surface area contributed by atoms with Crippen molar-refractivity contribution in [2.75, 3.05) is 13.2 Å². The molecular weight excluding hydrogens is 1000 g/mol. The Balaban J connectivity index is 2.15. The van der Waals surface area contributed by atoms with Gasteiger partial charge in [-0.2, -0.15) is 0 Å². The van der Waals surface area contributed by atoms with Gasteiger partial charge in [-0.15, -0.1) is 0 Å². The summed E-state index contributed by atoms with van der Waals surface area (Å²) >= 11 is 0. The Morgan fingerprint density at radius 3 is 1.05 bits per heavy atom. The van der Waals surface area contributed by atoms with E-state index in [0.29, 0.717) is 19.3 Å². The van der Waals surface area contributed by atoms with Crippen LogP contribution in [0.1, 0.15) is 354 Å². The minimum Gasteiger partial charge on any atom is -0.394 e. The second-order valence-electron chi connectivity index (χ2n) is 25.0. The van der Waals surface area contributed by atoms with Crippen LogP contribution in [0.5, 0.6) is 0 Å². The highest BCUT2D eigenvalue weighted by Crippen LogP contribution is 2.24. The first kappa shape index (κ1) is 76.9. The van der Waals surface area contributed by atoms with E-state index in [1.54, 1.807) is 0 Å². The largest absolute Gasteiger partial charge is 0.394 e. The number of allylic oxidation sites excluding steroid dienone is 2. The fourth-order valence-corrected chi connectivity index (χ4v) is 11.7. The SMILES string of the molecule is CCCCCCCCCCCCCCCC/C=C\CCCCCCCCCCCCCCCCCCC(O)C(=O)NC(COC1OC(CO)C(O)C(O)C1O)C(O)C(O)CCCCCCCCCCCCCCCCCCCCC. The number of carbonyl (C=O) groups excluding carboxylic acids is 1. The summed E-state index contributed by atoms with van der Waals surface area (Å²) in [5.41, 5.74) is 0. The number of nitrogens with one attached hydrogen (secondary N) is 1. The monoisotopic (exact) mass is 1140 g/mol. The summed E-state index contributed by atoms with van der Waals surface area (Å²) in [6.07, 6.45) is 60.1. The molecule has 1 aliphatic heterocycles. The number of ether oxygens (including phenoxy) is 2. The molecule has 8 N–H and O–H groups in total. The Morgan fingerprint density at radius 1 is 0.425 bits per heavy atom. The molecule has 11 heteroatoms. The van der Waals surface area contributed by atoms with Crippen molar-refractivity contribution in [2.45, 2.75) is 409 Å². The Bertz CT molecular complexity index is 1310. The van der Waals surface area contributed by atoms with Gasteiger partial charge in [-0.3, -0.25) is 4.79 Å². The van der Waals surface area contributed by atoms with Gasteiger partial charge < -0.3 is 50.5 Å². The van der Waals surface area contributed by atoms with Gasteiger partial charge in [0.1, 0.15) is 36.6 Å². The second kappa shape index (κ2) is 58.2. The number of aliphatic hydroxyl groups is 7. The Hall–Kier alpha value is -1.15. The van der Waals surface area contributed by atoms with Crippen LogP contribution in [-0.2, 0) is 14.3 Å². The van der Waals surface area contributed by atoms with E-state index in [0.717, 1.165) is 38.5 Å². The number of rotatable bonds is 62. The van der Waals surface area contributed by atoms with Gasteiger partial charge in [0.15, 0.2) is 6.29 Å². The maximum absolute atomic E-state index is 13.2. The molecule has 0 aromatic heterocycles. The average molecular weight is 1140 g/mol. The first-order valence-corrected chi connectivity index (χ1v) is 35.1. The van der Waals surface area contributed by atoms with Gasteiger partial charge in [0, 0.05) is 0 Å². The summed E-state index contributed by atoms with van der Waals surface area (Å²) < 4.78 is 11.2. The number of amides is 1. The average Bonchev–Trinajstić information content (AvgIpc) is 3.47. The number of aliphatic hydroxyl groups excluding tert-OH is 7. The maximum Gasteiger partial charge on any atom is 0.249 e. The van der Waals surface area contributed by atoms with Crippen molar-refractivity contribution in [3.63, 3.8) is 0 Å². The van der Waals surface area contributed by atoms with E-state index in [4.69, 9.17) is 9.47 Å². The van der Waals surface area contributed by atoms with Crippen molar-refractivity contribution >= 4 is 5.91 Å². The second-order valence-corrected chi connectivity index (χ2v) is 25.0. The Kier molecular flexibility index (Phi) is 56.0. The molecule has 1 aliphatic rings. The minimum atomic E-state index is -1.66. The third-order valence-electron chi connectivity index (χ3n) is 17.3. The van der Waals surface area contributed by atoms with E-state index in [2.05, 4.69) is 31.3 Å². The lowest BCUT2D eigenvalue weighted by Crippen LogP contribution is -2.60. The lowest BCUT2D eigenvalue weighted by atomic mass is 9.98. The number of carbonyl (C=O) groups is 1. The van der Waals surface area contributed by atoms with Crippen molar-refractivity contribution in [3.05, 3.63) is 12.2 Å². The molecule has 0 aromatic carbocycles. The van der Waals surface area contributed by atoms with E-state index in [9.17, 15) is 40.5 Å². The predicted octanol–water partition coefficient (Wildman–Crippen LogP) is 16.6. The molecule has 0 saturated carbocycles. The summed E-state index contributed by atoms with van der Waals surface area (Å²) in [5, 5.41) is 76.5. The Labute approximate surface area is 493 Å². The molecule has 0 aliphatic carbocycles. The third-order valence-corrected chi connectivity index (χ3v) is 17.3. The summed E-state index contributed by atoms with van der Waals surface area (Å²) in [6, 6.07) is -1.17. The number of hydrogen-bond acceptors (Lipinski definition) is 10. The van der Waals surface area contributed by atoms with Crippen LogP contribution in [0.3, 0.4) is 0 Å². The van der Waals surface area contributed by atoms with Gasteiger partial charge >= 0.3 is 0 Å². The van der Waals surface area contributed by atoms with Gasteiger partial charge in [-0.25, -0.2) is 0 Å². The van der Waals surface area contributed by atoms with Gasteiger partial charge in [-0.05, 0) is 38.5 Å². The summed E-state index contributed by atoms with van der Waals surface area (Å²) in [6.45, 7) is 3.52. The lowest BCUT2D eigenvalue weighted by molar-refractivity contribution is -0.303. The van der Waals surface area contributed by atoms with Gasteiger partial charge in [0.25, 0.3) is 0 Å². The van der Waals surface area contributed by atoms with E-state index in [1.807, 2.05) is 0 Å². The highest BCUT2D eigenvalue weighted by molar-refractivity contribution is 5.80. The minimum absolute atomic E-state index is 0.265. The van der Waals surface area contributed by atoms with E-state index in [1.165, 1.54) is 276 Å². The van der Waals surface area contributed by atoms with Crippen LogP contribution in [0.2, 0.25) is 0 Å². The van der Waals surface area contributed by atoms with Crippen LogP contribution in [0.4, 0.5) is 0 Å². The summed E-state index contributed by atoms with van der Waals surface area (Å²) in [5.74, 6) is -0.689. The Morgan fingerprint density at radius 2 is 0.725 bits per heavy atom. The van der Waals surface area contributed by atoms with Gasteiger partial charge in [0.05, 0.1) is 25.4 Å². The molecule has 1 rings (SSSR count). The first-order chi connectivity index (χ1) is 39.2. The molecule has 1 heterocycles. The zero-order valence-corrected chi connectivity index (χ0v) is 52.6. The van der Waals surface area contributed by atoms with Crippen LogP contribution in [-0.4, -0.2) is 110 Å². The van der Waals surface area contributed by atoms with E-state index in [-0.39, 0.29) is 6.42 Å². The molecule has 1 amide bonds. The number of unbranched alkanes of at least 4 members (excludes halogenated alkanes) is 48. The number of hydrogen-bond donors (Lipinski definition) is 8. The van der Waals surface area contributed by atoms with Crippen molar-refractivity contribution in [1.82, 2.24) is 5.32 Å². The van der Waals surface area contributed by atoms with Crippen LogP contribution in [0.15, 0.2) is 12.2 Å². The third kappa shape index (κ3) is 45.2. The molecule has 9 atom stereocenters. The van der Waals surface area contributed by atoms with Crippen molar-refractivity contribution in [3.8, 4) is 0 Å². The van der Waals surface area contributed by atoms with Gasteiger partial charge in [0.2, 0.25) is 5.91 Å². The first-order valence-electron chi connectivity index (χ1n) is 35.1. The zero-order valence-electron chi connectivity index (χ0n) is 52.6. The lowest BCUT2D eigenvalue weighted by Gasteiger charge is -2.40. The standard InChI is InChI=1S/C69H135NO10/c1-3-5-7-9-11-13-15-17-19-21-23-24-25-26-27-28-29-30-31-32-33-34-35-36-37-39-41-43-45-47-49-51-53-55-57-62(73)68(78)70-60(59-79-69-67(77)66(76)65(75)63(58-71)80-69)64(74)61(72)56-54-52-50-48-46-44-42-40-38-22-20-18-16-14-12-10-8-6-4-2/h28-29,60-67,69,71-77H,3-27,30-59H2,1-2H3,(H,70,78)/b29-28-. The smallest absolute Gasteiger partial charge is 0.249 e. The van der Waals surface area contributed by atoms with Crippen molar-refractivity contribution in [1.29, 1.82) is 0 Å². The van der Waals surface area contributed by atoms with Crippen LogP contribution in [0.25, 0.3) is 0 Å². The quantitative estimate of drug-likeness (QED) is 0.0215. The highest BCUT2D eigenvalue weighted by Gasteiger charge is 2.44. The molecule has 0 bridgehead atoms. The molecule has 0 radical (unpaired) electrons. The van der Waals surface area contributed by atoms with Crippen molar-refractivity contribution < 1.29 is 50.0 Å². The fraction of sp³-hybridized carbons (Fsp3) is 0.957. The predicted molar refractivity (Wildman–Crippen MR) is 335 cm³/mol. The highest BCUT2D eigenvalue weighted by atomic mass is 16.7. The summed E-state index contributed by atoms with van der Waals surface area (Å²) in [4.78, 5) is 13.2. The van der Waals surface area contributed by atoms with E-state index < -0.39 is 74.2 Å². The molecule has 1 saturated heterocycles. The molecule has 1 fully saturated rings. The normalized spacial score (nSPS) is 19.2. The topological polar surface area (TPSA) is 189 Å². The molecule has 0 aromatic rings. The van der Waals surface area contributed by atoms with Crippen LogP contribution < -0.4 is 5.32 Å². The van der Waals surface area contributed by atoms with E-state index >= 15 is 0 Å². The molecular formula is C69H135NO10. The maximum atomic E-state index is 13.2. The molecule has 11 nitrogen and oxygen atoms in total. The van der Waals surface area contributed by atoms with Crippen molar-refractivity contribution in [2.24, 2.45) is 0 Å². The summed E-state index contributed by atoms with van der Waals surface area (Å²) in [7, 11) is 0. The molecule has 80 heavy (non-hydrogen) atoms.